The summed E-state index contributed by atoms with van der Waals surface area (Å²) in [6.45, 7) is 6.55. The molecule has 0 saturated heterocycles. The van der Waals surface area contributed by atoms with Gasteiger partial charge in [-0.25, -0.2) is 4.98 Å². The molecule has 0 aliphatic rings. The molecule has 1 atom stereocenters. The number of amides is 1. The number of aromatic nitrogens is 2. The zero-order valence-electron chi connectivity index (χ0n) is 24.0. The molecule has 5 aromatic rings. The molecule has 210 valence electrons. The third-order valence-corrected chi connectivity index (χ3v) is 7.65. The Labute approximate surface area is 241 Å². The molecular formula is C35H37N3O3. The van der Waals surface area contributed by atoms with Crippen LogP contribution in [0.2, 0.25) is 0 Å². The van der Waals surface area contributed by atoms with E-state index in [2.05, 4.69) is 13.8 Å². The van der Waals surface area contributed by atoms with Gasteiger partial charge in [0.15, 0.2) is 0 Å². The maximum atomic E-state index is 14.2. The fourth-order valence-corrected chi connectivity index (χ4v) is 5.30. The van der Waals surface area contributed by atoms with E-state index in [0.717, 1.165) is 31.4 Å². The van der Waals surface area contributed by atoms with E-state index >= 15 is 0 Å². The summed E-state index contributed by atoms with van der Waals surface area (Å²) in [6.07, 6.45) is 6.29. The Balaban J connectivity index is 1.65. The van der Waals surface area contributed by atoms with Crippen molar-refractivity contribution in [2.45, 2.75) is 65.5 Å². The van der Waals surface area contributed by atoms with Gasteiger partial charge in [-0.15, -0.1) is 0 Å². The second-order valence-electron chi connectivity index (χ2n) is 10.4. The van der Waals surface area contributed by atoms with Crippen LogP contribution in [0.4, 0.5) is 0 Å². The van der Waals surface area contributed by atoms with E-state index < -0.39 is 6.04 Å². The van der Waals surface area contributed by atoms with Crippen molar-refractivity contribution in [1.82, 2.24) is 14.5 Å². The van der Waals surface area contributed by atoms with Gasteiger partial charge in [0.05, 0.1) is 35.4 Å². The van der Waals surface area contributed by atoms with Gasteiger partial charge in [0, 0.05) is 5.56 Å². The predicted molar refractivity (Wildman–Crippen MR) is 163 cm³/mol. The third-order valence-electron chi connectivity index (χ3n) is 7.65. The Morgan fingerprint density at radius 2 is 1.63 bits per heavy atom. The van der Waals surface area contributed by atoms with Crippen LogP contribution in [0.1, 0.15) is 79.1 Å². The topological polar surface area (TPSA) is 68.3 Å². The zero-order valence-corrected chi connectivity index (χ0v) is 24.0. The summed E-state index contributed by atoms with van der Waals surface area (Å²) in [4.78, 5) is 35.1. The van der Waals surface area contributed by atoms with E-state index in [1.807, 2.05) is 85.8 Å². The molecule has 0 aliphatic carbocycles. The lowest BCUT2D eigenvalue weighted by Crippen LogP contribution is -2.38. The summed E-state index contributed by atoms with van der Waals surface area (Å²) < 4.78 is 7.37. The molecule has 3 aromatic carbocycles. The van der Waals surface area contributed by atoms with Crippen LogP contribution in [-0.2, 0) is 19.4 Å². The van der Waals surface area contributed by atoms with Gasteiger partial charge in [-0.2, -0.15) is 0 Å². The Morgan fingerprint density at radius 3 is 2.29 bits per heavy atom. The first-order chi connectivity index (χ1) is 20.0. The van der Waals surface area contributed by atoms with Gasteiger partial charge < -0.3 is 9.32 Å². The number of aryl methyl sites for hydroxylation is 2. The number of unbranched alkanes of at least 4 members (excludes halogenated alkanes) is 1. The average molecular weight is 548 g/mol. The van der Waals surface area contributed by atoms with Crippen molar-refractivity contribution in [3.05, 3.63) is 130 Å². The summed E-state index contributed by atoms with van der Waals surface area (Å²) >= 11 is 0. The van der Waals surface area contributed by atoms with Crippen LogP contribution in [0.25, 0.3) is 16.6 Å². The average Bonchev–Trinajstić information content (AvgIpc) is 3.53. The molecule has 41 heavy (non-hydrogen) atoms. The number of carbonyl (C=O) groups is 1. The molecule has 0 spiro atoms. The van der Waals surface area contributed by atoms with Gasteiger partial charge in [0.2, 0.25) is 0 Å². The number of furan rings is 1. The lowest BCUT2D eigenvalue weighted by molar-refractivity contribution is 0.0624. The Morgan fingerprint density at radius 1 is 0.902 bits per heavy atom. The fourth-order valence-electron chi connectivity index (χ4n) is 5.30. The lowest BCUT2D eigenvalue weighted by atomic mass is 10.0. The molecule has 1 unspecified atom stereocenters. The summed E-state index contributed by atoms with van der Waals surface area (Å²) in [5, 5.41) is 0.539. The smallest absolute Gasteiger partial charge is 0.266 e. The van der Waals surface area contributed by atoms with Gasteiger partial charge in [-0.1, -0.05) is 63.6 Å². The zero-order chi connectivity index (χ0) is 28.8. The predicted octanol–water partition coefficient (Wildman–Crippen LogP) is 7.68. The van der Waals surface area contributed by atoms with Gasteiger partial charge >= 0.3 is 0 Å². The van der Waals surface area contributed by atoms with Crippen LogP contribution in [0.5, 0.6) is 0 Å². The molecule has 0 fully saturated rings. The van der Waals surface area contributed by atoms with Crippen LogP contribution in [0.3, 0.4) is 0 Å². The number of rotatable bonds is 11. The molecule has 2 aromatic heterocycles. The van der Waals surface area contributed by atoms with Crippen LogP contribution >= 0.6 is 0 Å². The highest BCUT2D eigenvalue weighted by atomic mass is 16.3. The number of hydrogen-bond acceptors (Lipinski definition) is 4. The van der Waals surface area contributed by atoms with Crippen molar-refractivity contribution in [3.63, 3.8) is 0 Å². The molecule has 0 aliphatic heterocycles. The number of nitrogens with zero attached hydrogens (tertiary/aromatic N) is 3. The number of benzene rings is 3. The standard InChI is InChI=1S/C35H37N3O3/c1-4-7-11-26-15-19-27(20-16-26)34(39)37(24-29-12-10-23-41-29)32(6-3)33-36-31-14-9-8-13-30(31)35(40)38(33)28-21-17-25(5-2)18-22-28/h8-10,12-23,32H,4-7,11,24H2,1-3H3. The lowest BCUT2D eigenvalue weighted by Gasteiger charge is -2.32. The van der Waals surface area contributed by atoms with Gasteiger partial charge in [0.1, 0.15) is 11.6 Å². The normalized spacial score (nSPS) is 12.0. The minimum atomic E-state index is -0.490. The van der Waals surface area contributed by atoms with Crippen LogP contribution < -0.4 is 5.56 Å². The molecular weight excluding hydrogens is 510 g/mol. The molecule has 0 bridgehead atoms. The quantitative estimate of drug-likeness (QED) is 0.170. The summed E-state index contributed by atoms with van der Waals surface area (Å²) in [6, 6.07) is 26.4. The maximum Gasteiger partial charge on any atom is 0.266 e. The van der Waals surface area contributed by atoms with E-state index in [4.69, 9.17) is 9.40 Å². The first kappa shape index (κ1) is 28.1. The van der Waals surface area contributed by atoms with E-state index in [1.165, 1.54) is 11.1 Å². The molecule has 0 radical (unpaired) electrons. The van der Waals surface area contributed by atoms with Gasteiger partial charge in [-0.05, 0) is 85.3 Å². The second-order valence-corrected chi connectivity index (χ2v) is 10.4. The SMILES string of the molecule is CCCCc1ccc(C(=O)N(Cc2ccco2)C(CC)c2nc3ccccc3c(=O)n2-c2ccc(CC)cc2)cc1. The monoisotopic (exact) mass is 547 g/mol. The van der Waals surface area contributed by atoms with Gasteiger partial charge in [0.25, 0.3) is 11.5 Å². The second kappa shape index (κ2) is 12.8. The molecule has 6 heteroatoms. The van der Waals surface area contributed by atoms with Crippen LogP contribution in [-0.4, -0.2) is 20.4 Å². The number of carbonyl (C=O) groups excluding carboxylic acids is 1. The van der Waals surface area contributed by atoms with E-state index in [1.54, 1.807) is 21.8 Å². The van der Waals surface area contributed by atoms with Crippen molar-refractivity contribution in [2.75, 3.05) is 0 Å². The molecule has 5 rings (SSSR count). The van der Waals surface area contributed by atoms with E-state index in [-0.39, 0.29) is 18.0 Å². The Hall–Kier alpha value is -4.45. The van der Waals surface area contributed by atoms with E-state index in [0.29, 0.717) is 34.5 Å². The minimum Gasteiger partial charge on any atom is -0.467 e. The van der Waals surface area contributed by atoms with Crippen molar-refractivity contribution >= 4 is 16.8 Å². The van der Waals surface area contributed by atoms with Crippen LogP contribution in [0, 0.1) is 0 Å². The third kappa shape index (κ3) is 6.02. The molecule has 2 heterocycles. The van der Waals surface area contributed by atoms with E-state index in [9.17, 15) is 9.59 Å². The van der Waals surface area contributed by atoms with Crippen LogP contribution in [0.15, 0.2) is 100 Å². The molecule has 0 saturated carbocycles. The highest BCUT2D eigenvalue weighted by Gasteiger charge is 2.30. The largest absolute Gasteiger partial charge is 0.467 e. The highest BCUT2D eigenvalue weighted by Crippen LogP contribution is 2.29. The molecule has 1 amide bonds. The highest BCUT2D eigenvalue weighted by molar-refractivity contribution is 5.94. The number of hydrogen-bond donors (Lipinski definition) is 0. The van der Waals surface area contributed by atoms with Crippen molar-refractivity contribution < 1.29 is 9.21 Å². The Bertz CT molecular complexity index is 1650. The van der Waals surface area contributed by atoms with Crippen molar-refractivity contribution in [1.29, 1.82) is 0 Å². The Kier molecular flexibility index (Phi) is 8.78. The summed E-state index contributed by atoms with van der Waals surface area (Å²) in [5.74, 6) is 1.06. The molecule has 0 N–H and O–H groups in total. The van der Waals surface area contributed by atoms with Gasteiger partial charge in [-0.3, -0.25) is 14.2 Å². The first-order valence-corrected chi connectivity index (χ1v) is 14.6. The fraction of sp³-hybridized carbons (Fsp3) is 0.286. The first-order valence-electron chi connectivity index (χ1n) is 14.6. The maximum absolute atomic E-state index is 14.2. The summed E-state index contributed by atoms with van der Waals surface area (Å²) in [7, 11) is 0. The number of para-hydroxylation sites is 1. The number of fused-ring (bicyclic) bond motifs is 1. The van der Waals surface area contributed by atoms with Crippen molar-refractivity contribution in [2.24, 2.45) is 0 Å². The minimum absolute atomic E-state index is 0.134. The van der Waals surface area contributed by atoms with Crippen molar-refractivity contribution in [3.8, 4) is 5.69 Å². The molecule has 6 nitrogen and oxygen atoms in total. The summed E-state index contributed by atoms with van der Waals surface area (Å²) in [5.41, 5.74) is 4.17.